The number of nitrogens with one attached hydrogen (secondary N) is 2. The van der Waals surface area contributed by atoms with Crippen LogP contribution in [-0.2, 0) is 58.9 Å². The molecular formula is C40H50N4O11. The van der Waals surface area contributed by atoms with Gasteiger partial charge in [-0.1, -0.05) is 42.2 Å². The van der Waals surface area contributed by atoms with Gasteiger partial charge in [-0.2, -0.15) is 0 Å². The van der Waals surface area contributed by atoms with Gasteiger partial charge in [0.2, 0.25) is 17.7 Å². The second-order valence-electron chi connectivity index (χ2n) is 12.2. The fraction of sp³-hybridized carbons (Fsp3) is 0.475. The molecule has 0 unspecified atom stereocenters. The average Bonchev–Trinajstić information content (AvgIpc) is 3.51. The number of hydrogen-bond donors (Lipinski definition) is 2. The van der Waals surface area contributed by atoms with E-state index in [1.54, 1.807) is 4.90 Å². The monoisotopic (exact) mass is 762 g/mol. The minimum atomic E-state index is -0.404. The second-order valence-corrected chi connectivity index (χ2v) is 12.2. The second kappa shape index (κ2) is 25.2. The Morgan fingerprint density at radius 2 is 1.02 bits per heavy atom. The van der Waals surface area contributed by atoms with Crippen molar-refractivity contribution in [2.24, 2.45) is 0 Å². The maximum Gasteiger partial charge on any atom is 0.253 e. The Morgan fingerprint density at radius 1 is 0.564 bits per heavy atom. The lowest BCUT2D eigenvalue weighted by atomic mass is 10.0. The highest BCUT2D eigenvalue weighted by Crippen LogP contribution is 2.26. The lowest BCUT2D eigenvalue weighted by molar-refractivity contribution is -0.137. The Balaban J connectivity index is 0.876. The van der Waals surface area contributed by atoms with Gasteiger partial charge in [0, 0.05) is 62.2 Å². The van der Waals surface area contributed by atoms with Crippen molar-refractivity contribution in [1.82, 2.24) is 15.5 Å². The summed E-state index contributed by atoms with van der Waals surface area (Å²) in [5.74, 6) is 4.96. The lowest BCUT2D eigenvalue weighted by Gasteiger charge is -2.26. The third kappa shape index (κ3) is 16.1. The number of carbonyl (C=O) groups excluding carboxylic acids is 5. The molecule has 0 spiro atoms. The SMILES string of the molecule is O=C(CCC(=O)N1Cc2ccccc2C#Cc2ccccc21)NCCOCCOCCOCCOCCOCCOCCNC(=O)CCN1C(=O)C=CC1=O. The maximum atomic E-state index is 13.3. The summed E-state index contributed by atoms with van der Waals surface area (Å²) in [6, 6.07) is 15.3. The van der Waals surface area contributed by atoms with Crippen LogP contribution in [0.1, 0.15) is 36.0 Å². The molecule has 0 bridgehead atoms. The van der Waals surface area contributed by atoms with Gasteiger partial charge in [0.05, 0.1) is 91.5 Å². The topological polar surface area (TPSA) is 171 Å². The lowest BCUT2D eigenvalue weighted by Crippen LogP contribution is -2.35. The Bertz CT molecular complexity index is 1640. The molecule has 5 amide bonds. The zero-order valence-electron chi connectivity index (χ0n) is 31.1. The molecule has 296 valence electrons. The number of carbonyl (C=O) groups is 5. The van der Waals surface area contributed by atoms with Crippen LogP contribution < -0.4 is 15.5 Å². The van der Waals surface area contributed by atoms with Crippen molar-refractivity contribution >= 4 is 35.2 Å². The first-order valence-electron chi connectivity index (χ1n) is 18.4. The van der Waals surface area contributed by atoms with E-state index in [-0.39, 0.29) is 43.5 Å². The number of fused-ring (bicyclic) bond motifs is 2. The maximum absolute atomic E-state index is 13.3. The Kier molecular flexibility index (Phi) is 19.6. The van der Waals surface area contributed by atoms with Crippen LogP contribution in [0, 0.1) is 11.8 Å². The molecule has 4 rings (SSSR count). The van der Waals surface area contributed by atoms with Crippen LogP contribution in [0.4, 0.5) is 5.69 Å². The van der Waals surface area contributed by atoms with Crippen molar-refractivity contribution in [2.75, 3.05) is 104 Å². The molecule has 2 aliphatic rings. The molecule has 0 aliphatic carbocycles. The van der Waals surface area contributed by atoms with Crippen LogP contribution in [0.2, 0.25) is 0 Å². The third-order valence-electron chi connectivity index (χ3n) is 8.20. The summed E-state index contributed by atoms with van der Waals surface area (Å²) in [7, 11) is 0. The number of rotatable bonds is 27. The fourth-order valence-electron chi connectivity index (χ4n) is 5.33. The van der Waals surface area contributed by atoms with E-state index < -0.39 is 11.8 Å². The molecule has 0 aromatic heterocycles. The highest BCUT2D eigenvalue weighted by Gasteiger charge is 2.24. The van der Waals surface area contributed by atoms with E-state index in [2.05, 4.69) is 22.5 Å². The minimum absolute atomic E-state index is 0.0421. The number of ether oxygens (including phenoxy) is 6. The zero-order chi connectivity index (χ0) is 38.9. The van der Waals surface area contributed by atoms with Crippen molar-refractivity contribution in [1.29, 1.82) is 0 Å². The molecule has 2 N–H and O–H groups in total. The molecule has 2 aliphatic heterocycles. The molecule has 2 aromatic carbocycles. The third-order valence-corrected chi connectivity index (χ3v) is 8.20. The predicted octanol–water partition coefficient (Wildman–Crippen LogP) is 1.36. The van der Waals surface area contributed by atoms with Gasteiger partial charge in [-0.05, 0) is 23.8 Å². The summed E-state index contributed by atoms with van der Waals surface area (Å²) in [5.41, 5.74) is 3.37. The van der Waals surface area contributed by atoms with Crippen molar-refractivity contribution < 1.29 is 52.4 Å². The van der Waals surface area contributed by atoms with E-state index in [1.807, 2.05) is 48.5 Å². The highest BCUT2D eigenvalue weighted by molar-refractivity contribution is 6.13. The van der Waals surface area contributed by atoms with Gasteiger partial charge in [0.1, 0.15) is 0 Å². The van der Waals surface area contributed by atoms with E-state index in [9.17, 15) is 24.0 Å². The van der Waals surface area contributed by atoms with E-state index in [0.717, 1.165) is 27.3 Å². The molecular weight excluding hydrogens is 712 g/mol. The Morgan fingerprint density at radius 3 is 1.58 bits per heavy atom. The molecule has 2 aromatic rings. The van der Waals surface area contributed by atoms with Crippen LogP contribution >= 0.6 is 0 Å². The summed E-state index contributed by atoms with van der Waals surface area (Å²) in [5, 5.41) is 5.48. The quantitative estimate of drug-likeness (QED) is 0.0766. The fourth-order valence-corrected chi connectivity index (χ4v) is 5.33. The van der Waals surface area contributed by atoms with Crippen LogP contribution in [0.3, 0.4) is 0 Å². The number of hydrogen-bond acceptors (Lipinski definition) is 11. The normalized spacial score (nSPS) is 13.1. The van der Waals surface area contributed by atoms with E-state index in [0.29, 0.717) is 98.9 Å². The van der Waals surface area contributed by atoms with Gasteiger partial charge >= 0.3 is 0 Å². The standard InChI is InChI=1S/C40H50N4O11/c45-36(11-12-40(49)44-31-34-7-2-1-5-32(34)9-10-33-6-3-4-8-35(33)44)41-16-19-50-21-23-52-25-27-54-29-30-55-28-26-53-24-22-51-20-17-42-37(46)15-18-43-38(47)13-14-39(43)48/h1-8,13-14H,11-12,15-31H2,(H,41,45)(H,42,46). The molecule has 55 heavy (non-hydrogen) atoms. The summed E-state index contributed by atoms with van der Waals surface area (Å²) < 4.78 is 32.8. The van der Waals surface area contributed by atoms with Crippen LogP contribution in [-0.4, -0.2) is 133 Å². The van der Waals surface area contributed by atoms with E-state index in [4.69, 9.17) is 28.4 Å². The van der Waals surface area contributed by atoms with Crippen molar-refractivity contribution in [3.05, 3.63) is 77.4 Å². The van der Waals surface area contributed by atoms with Gasteiger partial charge in [-0.15, -0.1) is 0 Å². The van der Waals surface area contributed by atoms with Crippen molar-refractivity contribution in [2.45, 2.75) is 25.8 Å². The number of amides is 5. The first-order chi connectivity index (χ1) is 26.9. The molecule has 0 fully saturated rings. The number of benzene rings is 2. The Labute approximate surface area is 321 Å². The molecule has 0 radical (unpaired) electrons. The average molecular weight is 763 g/mol. The van der Waals surface area contributed by atoms with Crippen LogP contribution in [0.15, 0.2) is 60.7 Å². The number of anilines is 1. The predicted molar refractivity (Wildman–Crippen MR) is 201 cm³/mol. The molecule has 0 saturated heterocycles. The first-order valence-corrected chi connectivity index (χ1v) is 18.4. The smallest absolute Gasteiger partial charge is 0.253 e. The summed E-state index contributed by atoms with van der Waals surface area (Å²) in [4.78, 5) is 63.2. The summed E-state index contributed by atoms with van der Waals surface area (Å²) in [6.07, 6.45) is 2.57. The van der Waals surface area contributed by atoms with E-state index >= 15 is 0 Å². The van der Waals surface area contributed by atoms with E-state index in [1.165, 1.54) is 12.2 Å². The minimum Gasteiger partial charge on any atom is -0.377 e. The van der Waals surface area contributed by atoms with Crippen molar-refractivity contribution in [3.63, 3.8) is 0 Å². The Hall–Kier alpha value is -4.95. The number of nitrogens with zero attached hydrogens (tertiary/aromatic N) is 2. The molecule has 0 atom stereocenters. The summed E-state index contributed by atoms with van der Waals surface area (Å²) in [6.45, 7) is 5.79. The molecule has 2 heterocycles. The largest absolute Gasteiger partial charge is 0.377 e. The molecule has 0 saturated carbocycles. The first kappa shape index (κ1) is 42.8. The van der Waals surface area contributed by atoms with Gasteiger partial charge in [0.15, 0.2) is 0 Å². The number of para-hydroxylation sites is 1. The number of imide groups is 1. The molecule has 15 nitrogen and oxygen atoms in total. The van der Waals surface area contributed by atoms with Gasteiger partial charge in [0.25, 0.3) is 11.8 Å². The van der Waals surface area contributed by atoms with Gasteiger partial charge < -0.3 is 44.0 Å². The van der Waals surface area contributed by atoms with Gasteiger partial charge in [-0.3, -0.25) is 28.9 Å². The zero-order valence-corrected chi connectivity index (χ0v) is 31.1. The van der Waals surface area contributed by atoms with Gasteiger partial charge in [-0.25, -0.2) is 0 Å². The van der Waals surface area contributed by atoms with Crippen LogP contribution in [0.25, 0.3) is 0 Å². The molecule has 15 heteroatoms. The summed E-state index contributed by atoms with van der Waals surface area (Å²) >= 11 is 0. The van der Waals surface area contributed by atoms with Crippen LogP contribution in [0.5, 0.6) is 0 Å². The highest BCUT2D eigenvalue weighted by atomic mass is 16.6. The van der Waals surface area contributed by atoms with Crippen molar-refractivity contribution in [3.8, 4) is 11.8 Å².